The van der Waals surface area contributed by atoms with Crippen LogP contribution in [-0.4, -0.2) is 13.2 Å². The molecule has 0 atom stereocenters. The Balaban J connectivity index is 2.13. The van der Waals surface area contributed by atoms with Crippen LogP contribution in [0.15, 0.2) is 22.3 Å². The molecule has 0 saturated heterocycles. The van der Waals surface area contributed by atoms with Crippen molar-refractivity contribution < 1.29 is 4.74 Å². The number of hydrogen-bond acceptors (Lipinski definition) is 1. The molecule has 1 nitrogen and oxygen atoms in total. The molecule has 4 aliphatic carbocycles. The minimum absolute atomic E-state index is 0.456. The van der Waals surface area contributed by atoms with E-state index in [1.54, 1.807) is 29.4 Å². The van der Waals surface area contributed by atoms with Gasteiger partial charge in [-0.2, -0.15) is 0 Å². The maximum atomic E-state index is 5.21. The number of allylic oxidation sites excluding steroid dienone is 2. The molecule has 4 rings (SSSR count). The van der Waals surface area contributed by atoms with Gasteiger partial charge >= 0.3 is 0 Å². The molecule has 2 saturated carbocycles. The summed E-state index contributed by atoms with van der Waals surface area (Å²) in [4.78, 5) is 0. The maximum Gasteiger partial charge on any atom is 0.108 e. The predicted molar refractivity (Wildman–Crippen MR) is 34.1 cm³/mol. The van der Waals surface area contributed by atoms with Crippen molar-refractivity contribution in [1.29, 1.82) is 0 Å². The van der Waals surface area contributed by atoms with E-state index < -0.39 is 0 Å². The summed E-state index contributed by atoms with van der Waals surface area (Å²) < 4.78 is 5.21. The Hall–Kier alpha value is -0.560. The Labute approximate surface area is 54.0 Å². The first-order valence-corrected chi connectivity index (χ1v) is 3.39. The van der Waals surface area contributed by atoms with E-state index in [0.29, 0.717) is 6.10 Å². The van der Waals surface area contributed by atoms with Gasteiger partial charge in [-0.1, -0.05) is 11.1 Å². The van der Waals surface area contributed by atoms with Crippen LogP contribution in [0.4, 0.5) is 0 Å². The van der Waals surface area contributed by atoms with Crippen molar-refractivity contribution in [3.8, 4) is 0 Å². The van der Waals surface area contributed by atoms with Gasteiger partial charge in [0.25, 0.3) is 0 Å². The van der Waals surface area contributed by atoms with E-state index in [-0.39, 0.29) is 0 Å². The number of hydrogen-bond donors (Lipinski definition) is 0. The fourth-order valence-corrected chi connectivity index (χ4v) is 2.03. The first kappa shape index (κ1) is 4.29. The van der Waals surface area contributed by atoms with Gasteiger partial charge in [0, 0.05) is 7.11 Å². The zero-order chi connectivity index (χ0) is 6.01. The molecule has 46 valence electrons. The first-order valence-electron chi connectivity index (χ1n) is 3.39. The van der Waals surface area contributed by atoms with Gasteiger partial charge in [-0.05, 0) is 24.0 Å². The van der Waals surface area contributed by atoms with Crippen LogP contribution in [0.2, 0.25) is 0 Å². The van der Waals surface area contributed by atoms with Crippen LogP contribution >= 0.6 is 0 Å². The highest BCUT2D eigenvalue weighted by Gasteiger charge is 2.51. The third-order valence-corrected chi connectivity index (χ3v) is 2.58. The second-order valence-corrected chi connectivity index (χ2v) is 3.00. The summed E-state index contributed by atoms with van der Waals surface area (Å²) in [6, 6.07) is 0. The average Bonchev–Trinajstić information content (AvgIpc) is 2.13. The van der Waals surface area contributed by atoms with Gasteiger partial charge in [-0.15, -0.1) is 0 Å². The van der Waals surface area contributed by atoms with Gasteiger partial charge < -0.3 is 4.74 Å². The first-order chi connectivity index (χ1) is 4.42. The summed E-state index contributed by atoms with van der Waals surface area (Å²) in [5.41, 5.74) is 6.44. The second kappa shape index (κ2) is 1.01. The van der Waals surface area contributed by atoms with E-state index in [9.17, 15) is 0 Å². The monoisotopic (exact) mass is 120 g/mol. The van der Waals surface area contributed by atoms with Crippen molar-refractivity contribution in [3.05, 3.63) is 22.3 Å². The molecule has 0 aromatic heterocycles. The van der Waals surface area contributed by atoms with E-state index >= 15 is 0 Å². The molecule has 0 aromatic carbocycles. The molecule has 9 heavy (non-hydrogen) atoms. The Morgan fingerprint density at radius 3 is 2.11 bits per heavy atom. The van der Waals surface area contributed by atoms with Gasteiger partial charge in [0.2, 0.25) is 0 Å². The number of ether oxygens (including phenoxy) is 1. The van der Waals surface area contributed by atoms with E-state index in [1.165, 1.54) is 12.8 Å². The van der Waals surface area contributed by atoms with E-state index in [4.69, 9.17) is 4.74 Å². The minimum Gasteiger partial charge on any atom is -0.372 e. The standard InChI is InChI=1S/C8H8O/c1-9-8-6-4-2-5(3-4)7(6)8/h8H,2-3H2,1H3. The molecule has 4 aliphatic rings. The van der Waals surface area contributed by atoms with E-state index in [1.807, 2.05) is 0 Å². The molecule has 0 radical (unpaired) electrons. The van der Waals surface area contributed by atoms with Gasteiger partial charge in [-0.25, -0.2) is 0 Å². The topological polar surface area (TPSA) is 9.23 Å². The summed E-state index contributed by atoms with van der Waals surface area (Å²) in [5, 5.41) is 0. The molecule has 0 spiro atoms. The van der Waals surface area contributed by atoms with Crippen molar-refractivity contribution in [2.75, 3.05) is 7.11 Å². The van der Waals surface area contributed by atoms with E-state index in [2.05, 4.69) is 0 Å². The lowest BCUT2D eigenvalue weighted by atomic mass is 9.89. The summed E-state index contributed by atoms with van der Waals surface area (Å²) in [6.45, 7) is 0. The molecule has 0 unspecified atom stereocenters. The molecule has 2 fully saturated rings. The molecule has 0 heterocycles. The third-order valence-electron chi connectivity index (χ3n) is 2.58. The Kier molecular flexibility index (Phi) is 0.483. The predicted octanol–water partition coefficient (Wildman–Crippen LogP) is 1.42. The molecule has 0 amide bonds. The molecule has 2 bridgehead atoms. The van der Waals surface area contributed by atoms with E-state index in [0.717, 1.165) is 0 Å². The van der Waals surface area contributed by atoms with Crippen LogP contribution in [0.5, 0.6) is 0 Å². The Morgan fingerprint density at radius 1 is 1.22 bits per heavy atom. The Bertz CT molecular complexity index is 224. The van der Waals surface area contributed by atoms with Crippen molar-refractivity contribution in [3.63, 3.8) is 0 Å². The Morgan fingerprint density at radius 2 is 1.78 bits per heavy atom. The largest absolute Gasteiger partial charge is 0.372 e. The molecule has 0 aromatic rings. The second-order valence-electron chi connectivity index (χ2n) is 3.00. The van der Waals surface area contributed by atoms with Crippen LogP contribution in [0.25, 0.3) is 0 Å². The summed E-state index contributed by atoms with van der Waals surface area (Å²) in [7, 11) is 1.80. The van der Waals surface area contributed by atoms with Crippen LogP contribution in [0.3, 0.4) is 0 Å². The zero-order valence-corrected chi connectivity index (χ0v) is 5.40. The smallest absolute Gasteiger partial charge is 0.108 e. The van der Waals surface area contributed by atoms with Crippen LogP contribution in [-0.2, 0) is 4.74 Å². The molecule has 0 aliphatic heterocycles. The fraction of sp³-hybridized carbons (Fsp3) is 0.500. The highest BCUT2D eigenvalue weighted by atomic mass is 16.5. The van der Waals surface area contributed by atoms with Gasteiger partial charge in [-0.3, -0.25) is 0 Å². The lowest BCUT2D eigenvalue weighted by molar-refractivity contribution is 0.201. The highest BCUT2D eigenvalue weighted by Crippen LogP contribution is 2.61. The third kappa shape index (κ3) is 0.292. The van der Waals surface area contributed by atoms with Crippen LogP contribution in [0, 0.1) is 0 Å². The van der Waals surface area contributed by atoms with Gasteiger partial charge in [0.15, 0.2) is 0 Å². The quantitative estimate of drug-likeness (QED) is 0.508. The molecule has 1 heteroatoms. The van der Waals surface area contributed by atoms with Gasteiger partial charge in [0.05, 0.1) is 0 Å². The molecule has 0 N–H and O–H groups in total. The number of rotatable bonds is 1. The van der Waals surface area contributed by atoms with Crippen LogP contribution in [0.1, 0.15) is 12.8 Å². The maximum absolute atomic E-state index is 5.21. The zero-order valence-electron chi connectivity index (χ0n) is 5.40. The summed E-state index contributed by atoms with van der Waals surface area (Å²) >= 11 is 0. The van der Waals surface area contributed by atoms with Crippen molar-refractivity contribution in [1.82, 2.24) is 0 Å². The SMILES string of the molecule is COC1C2=C3CC(=C21)C3. The fourth-order valence-electron chi connectivity index (χ4n) is 2.03. The van der Waals surface area contributed by atoms with Crippen LogP contribution < -0.4 is 0 Å². The average molecular weight is 120 g/mol. The summed E-state index contributed by atoms with van der Waals surface area (Å²) in [5.74, 6) is 0. The molecular weight excluding hydrogens is 112 g/mol. The van der Waals surface area contributed by atoms with Crippen molar-refractivity contribution in [2.45, 2.75) is 18.9 Å². The summed E-state index contributed by atoms with van der Waals surface area (Å²) in [6.07, 6.45) is 3.05. The van der Waals surface area contributed by atoms with Crippen molar-refractivity contribution in [2.24, 2.45) is 0 Å². The normalized spacial score (nSPS) is 29.0. The highest BCUT2D eigenvalue weighted by molar-refractivity contribution is 5.74. The number of methoxy groups -OCH3 is 1. The lowest BCUT2D eigenvalue weighted by Gasteiger charge is -2.17. The van der Waals surface area contributed by atoms with Crippen molar-refractivity contribution >= 4 is 0 Å². The molecular formula is C8H8O. The van der Waals surface area contributed by atoms with Gasteiger partial charge in [0.1, 0.15) is 6.10 Å². The minimum atomic E-state index is 0.456. The lowest BCUT2D eigenvalue weighted by Crippen LogP contribution is -2.03.